The van der Waals surface area contributed by atoms with Crippen molar-refractivity contribution in [1.82, 2.24) is 25.8 Å². The fourth-order valence-corrected chi connectivity index (χ4v) is 5.53. The topological polar surface area (TPSA) is 200 Å². The Balaban J connectivity index is 0.000000190. The summed E-state index contributed by atoms with van der Waals surface area (Å²) in [5.74, 6) is 2.74. The Kier molecular flexibility index (Phi) is 14.6. The average Bonchev–Trinajstić information content (AvgIpc) is 3.81. The number of nitrogens with zero attached hydrogens (tertiary/aromatic N) is 5. The second-order valence-corrected chi connectivity index (χ2v) is 11.0. The Labute approximate surface area is 278 Å². The van der Waals surface area contributed by atoms with E-state index in [0.29, 0.717) is 29.3 Å². The molecular formula is C30H43N10O2Y-. The summed E-state index contributed by atoms with van der Waals surface area (Å²) in [6.45, 7) is 1.77. The fourth-order valence-electron chi connectivity index (χ4n) is 5.53. The minimum atomic E-state index is 0. The molecule has 1 atom stereocenters. The summed E-state index contributed by atoms with van der Waals surface area (Å²) in [4.78, 5) is 12.1. The first-order chi connectivity index (χ1) is 20.4. The predicted molar refractivity (Wildman–Crippen MR) is 165 cm³/mol. The van der Waals surface area contributed by atoms with Gasteiger partial charge in [0.15, 0.2) is 5.82 Å². The largest absolute Gasteiger partial charge is 0.675 e. The third-order valence-electron chi connectivity index (χ3n) is 7.75. The van der Waals surface area contributed by atoms with Crippen LogP contribution in [0.3, 0.4) is 0 Å². The number of hydrogen-bond acceptors (Lipinski definition) is 8. The van der Waals surface area contributed by atoms with Crippen LogP contribution in [-0.2, 0) is 45.6 Å². The van der Waals surface area contributed by atoms with Gasteiger partial charge in [0.1, 0.15) is 5.84 Å². The molecule has 0 bridgehead atoms. The quantitative estimate of drug-likeness (QED) is 0.131. The molecule has 6 rings (SSSR count). The number of hydrogen-bond donors (Lipinski definition) is 5. The van der Waals surface area contributed by atoms with Crippen LogP contribution in [0.1, 0.15) is 86.4 Å². The molecule has 2 fully saturated rings. The van der Waals surface area contributed by atoms with E-state index in [4.69, 9.17) is 26.9 Å². The van der Waals surface area contributed by atoms with Crippen molar-refractivity contribution in [3.63, 3.8) is 0 Å². The van der Waals surface area contributed by atoms with Gasteiger partial charge >= 0.3 is 0 Å². The van der Waals surface area contributed by atoms with Gasteiger partial charge in [-0.3, -0.25) is 5.10 Å². The van der Waals surface area contributed by atoms with Crippen molar-refractivity contribution in [2.75, 3.05) is 0 Å². The number of H-pyrrole nitrogens is 1. The van der Waals surface area contributed by atoms with Crippen LogP contribution >= 0.6 is 0 Å². The summed E-state index contributed by atoms with van der Waals surface area (Å²) < 4.78 is 4.97. The first-order valence-electron chi connectivity index (χ1n) is 14.8. The number of aliphatic imine (C=N–C) groups is 2. The molecule has 0 amide bonds. The van der Waals surface area contributed by atoms with E-state index in [9.17, 15) is 0 Å². The summed E-state index contributed by atoms with van der Waals surface area (Å²) >= 11 is 0. The van der Waals surface area contributed by atoms with Crippen LogP contribution in [0.4, 0.5) is 5.82 Å². The van der Waals surface area contributed by atoms with E-state index < -0.39 is 0 Å². The average molecular weight is 665 g/mol. The summed E-state index contributed by atoms with van der Waals surface area (Å²) in [7, 11) is 0. The monoisotopic (exact) mass is 664 g/mol. The molecule has 2 saturated carbocycles. The Morgan fingerprint density at radius 1 is 1.09 bits per heavy atom. The van der Waals surface area contributed by atoms with Crippen molar-refractivity contribution >= 4 is 18.0 Å². The van der Waals surface area contributed by atoms with Crippen molar-refractivity contribution in [2.24, 2.45) is 21.5 Å². The van der Waals surface area contributed by atoms with E-state index in [2.05, 4.69) is 47.9 Å². The van der Waals surface area contributed by atoms with Gasteiger partial charge in [-0.2, -0.15) is 10.1 Å². The Hall–Kier alpha value is -2.77. The number of hydroxylamine groups is 1. The number of nitrogens with two attached hydrogens (primary N) is 2. The molecule has 0 saturated heterocycles. The van der Waals surface area contributed by atoms with Gasteiger partial charge in [-0.25, -0.2) is 15.5 Å². The number of aromatic nitrogens is 4. The number of aromatic amines is 1. The zero-order valence-electron chi connectivity index (χ0n) is 24.9. The van der Waals surface area contributed by atoms with Crippen molar-refractivity contribution in [2.45, 2.75) is 95.6 Å². The van der Waals surface area contributed by atoms with E-state index in [-0.39, 0.29) is 44.8 Å². The zero-order valence-corrected chi connectivity index (χ0v) is 27.7. The predicted octanol–water partition coefficient (Wildman–Crippen LogP) is 5.42. The van der Waals surface area contributed by atoms with Gasteiger partial charge < -0.3 is 26.9 Å². The molecule has 3 aliphatic carbocycles. The molecule has 13 heteroatoms. The molecule has 8 N–H and O–H groups in total. The summed E-state index contributed by atoms with van der Waals surface area (Å²) in [5.41, 5.74) is 25.0. The van der Waals surface area contributed by atoms with Crippen LogP contribution in [0.25, 0.3) is 17.1 Å². The smallest absolute Gasteiger partial charge is 0.223 e. The molecule has 1 unspecified atom stereocenters. The molecule has 3 aliphatic rings. The maximum atomic E-state index is 8.94. The molecular weight excluding hydrogens is 621 g/mol. The SMILES string of the molecule is Cc1nc(-c2ccc3c(c2)CC(NO)C3)no1.NC=N/C=C\C(N)=Nc1cc(C2CCCC2)[nH]n1.[NH-]C1CCCCC1.[Y]. The van der Waals surface area contributed by atoms with E-state index in [1.165, 1.54) is 68.6 Å². The van der Waals surface area contributed by atoms with Crippen LogP contribution in [0.2, 0.25) is 0 Å². The van der Waals surface area contributed by atoms with Crippen molar-refractivity contribution in [3.05, 3.63) is 65.0 Å². The number of nitrogens with one attached hydrogen (secondary N) is 3. The van der Waals surface area contributed by atoms with Crippen LogP contribution in [0.5, 0.6) is 0 Å². The Bertz CT molecular complexity index is 1340. The van der Waals surface area contributed by atoms with Gasteiger partial charge in [0.05, 0.1) is 6.34 Å². The van der Waals surface area contributed by atoms with E-state index >= 15 is 0 Å². The molecule has 1 radical (unpaired) electrons. The molecule has 229 valence electrons. The molecule has 2 aromatic heterocycles. The van der Waals surface area contributed by atoms with Gasteiger partial charge in [0.2, 0.25) is 11.7 Å². The Morgan fingerprint density at radius 2 is 1.81 bits per heavy atom. The standard InChI is InChI=1S/C12H18N6.C12H13N3O2.C6H12N.Y/c13-8-15-6-5-11(14)16-12-7-10(17-18-12)9-3-1-2-4-9;1-7-13-12(15-17-7)9-3-2-8-5-11(14-16)6-10(8)4-9;7-6-4-2-1-3-5-6;/h5-9H,1-4H2,(H2,13,15)(H3,14,16,17,18);2-4,11,14,16H,5-6H2,1H3;6-7H,1-5H2;/q;;-1;/b6-5-;;;. The molecule has 2 heterocycles. The Morgan fingerprint density at radius 3 is 2.44 bits per heavy atom. The first kappa shape index (κ1) is 34.7. The second kappa shape index (κ2) is 18.1. The van der Waals surface area contributed by atoms with Gasteiger partial charge in [0, 0.05) is 75.1 Å². The number of fused-ring (bicyclic) bond motifs is 1. The number of amidine groups is 1. The van der Waals surface area contributed by atoms with Crippen LogP contribution < -0.4 is 16.9 Å². The van der Waals surface area contributed by atoms with E-state index in [1.54, 1.807) is 13.0 Å². The normalized spacial score (nSPS) is 19.0. The number of aryl methyl sites for hydroxylation is 1. The first-order valence-corrected chi connectivity index (χ1v) is 14.8. The molecule has 43 heavy (non-hydrogen) atoms. The third kappa shape index (κ3) is 11.0. The van der Waals surface area contributed by atoms with E-state index in [1.807, 2.05) is 12.1 Å². The van der Waals surface area contributed by atoms with Gasteiger partial charge in [-0.15, -0.1) is 6.04 Å². The summed E-state index contributed by atoms with van der Waals surface area (Å²) in [6.07, 6.45) is 17.3. The second-order valence-electron chi connectivity index (χ2n) is 11.0. The summed E-state index contributed by atoms with van der Waals surface area (Å²) in [5, 5.41) is 20.0. The van der Waals surface area contributed by atoms with Gasteiger partial charge in [0.25, 0.3) is 0 Å². The van der Waals surface area contributed by atoms with E-state index in [0.717, 1.165) is 36.9 Å². The maximum absolute atomic E-state index is 8.94. The number of benzene rings is 1. The summed E-state index contributed by atoms with van der Waals surface area (Å²) in [6, 6.07) is 8.48. The molecule has 12 nitrogen and oxygen atoms in total. The van der Waals surface area contributed by atoms with Gasteiger partial charge in [-0.05, 0) is 49.0 Å². The van der Waals surface area contributed by atoms with Gasteiger partial charge in [-0.1, -0.05) is 62.2 Å². The van der Waals surface area contributed by atoms with Crippen LogP contribution in [0, 0.1) is 6.92 Å². The minimum absolute atomic E-state index is 0. The van der Waals surface area contributed by atoms with Crippen LogP contribution in [-0.4, -0.2) is 49.8 Å². The molecule has 0 aliphatic heterocycles. The molecule has 3 aromatic rings. The maximum Gasteiger partial charge on any atom is 0.223 e. The third-order valence-corrected chi connectivity index (χ3v) is 7.75. The fraction of sp³-hybridized carbons (Fsp3) is 0.500. The minimum Gasteiger partial charge on any atom is -0.675 e. The zero-order chi connectivity index (χ0) is 29.7. The van der Waals surface area contributed by atoms with Crippen molar-refractivity contribution in [3.8, 4) is 11.4 Å². The molecule has 1 aromatic carbocycles. The number of rotatable bonds is 6. The molecule has 0 spiro atoms. The van der Waals surface area contributed by atoms with Crippen molar-refractivity contribution in [1.29, 1.82) is 0 Å². The van der Waals surface area contributed by atoms with Crippen molar-refractivity contribution < 1.29 is 42.4 Å². The van der Waals surface area contributed by atoms with Crippen LogP contribution in [0.15, 0.2) is 51.0 Å².